The van der Waals surface area contributed by atoms with Crippen LogP contribution in [0.1, 0.15) is 22.6 Å². The molecule has 0 aromatic heterocycles. The number of carbonyl (C=O) groups is 2. The summed E-state index contributed by atoms with van der Waals surface area (Å²) in [6.07, 6.45) is -13.4. The zero-order valence-corrected chi connectivity index (χ0v) is 24.1. The van der Waals surface area contributed by atoms with Gasteiger partial charge < -0.3 is 69.3 Å². The van der Waals surface area contributed by atoms with Gasteiger partial charge in [-0.2, -0.15) is 0 Å². The summed E-state index contributed by atoms with van der Waals surface area (Å²) in [4.78, 5) is 27.9. The molecule has 0 amide bonds. The quantitative estimate of drug-likeness (QED) is 0.157. The van der Waals surface area contributed by atoms with Crippen LogP contribution >= 0.6 is 0 Å². The van der Waals surface area contributed by atoms with E-state index in [-0.39, 0.29) is 22.8 Å². The van der Waals surface area contributed by atoms with E-state index in [1.807, 2.05) is 0 Å². The minimum Gasteiger partial charge on any atom is -0.508 e. The first-order chi connectivity index (χ1) is 21.9. The van der Waals surface area contributed by atoms with Crippen molar-refractivity contribution in [3.8, 4) is 17.2 Å². The van der Waals surface area contributed by atoms with Gasteiger partial charge in [0, 0.05) is 5.92 Å². The van der Waals surface area contributed by atoms with E-state index in [2.05, 4.69) is 0 Å². The minimum absolute atomic E-state index is 0.0772. The number of methoxy groups -OCH3 is 1. The maximum absolute atomic E-state index is 14.2. The molecule has 0 radical (unpaired) electrons. The predicted molar refractivity (Wildman–Crippen MR) is 148 cm³/mol. The number of hydrogen-bond acceptors (Lipinski definition) is 16. The lowest BCUT2D eigenvalue weighted by Gasteiger charge is -2.43. The summed E-state index contributed by atoms with van der Waals surface area (Å²) in [7, 11) is 1.33. The fourth-order valence-corrected chi connectivity index (χ4v) is 6.26. The molecule has 2 aromatic carbocycles. The third kappa shape index (κ3) is 5.17. The number of fused-ring (bicyclic) bond motifs is 4. The molecule has 2 aromatic rings. The number of carbonyl (C=O) groups excluding carboxylic acids is 2. The van der Waals surface area contributed by atoms with Crippen molar-refractivity contribution >= 4 is 18.0 Å². The number of benzene rings is 2. The van der Waals surface area contributed by atoms with Crippen molar-refractivity contribution < 1.29 is 78.9 Å². The second kappa shape index (κ2) is 12.1. The molecule has 4 aliphatic rings. The van der Waals surface area contributed by atoms with Crippen LogP contribution in [0.4, 0.5) is 0 Å². The highest BCUT2D eigenvalue weighted by Gasteiger charge is 2.64. The van der Waals surface area contributed by atoms with E-state index in [4.69, 9.17) is 28.4 Å². The molecule has 46 heavy (non-hydrogen) atoms. The van der Waals surface area contributed by atoms with Crippen molar-refractivity contribution in [2.45, 2.75) is 60.9 Å². The zero-order chi connectivity index (χ0) is 33.1. The van der Waals surface area contributed by atoms with Crippen LogP contribution in [0.15, 0.2) is 42.0 Å². The van der Waals surface area contributed by atoms with E-state index in [1.54, 1.807) is 0 Å². The summed E-state index contributed by atoms with van der Waals surface area (Å²) in [6.45, 7) is -1.98. The van der Waals surface area contributed by atoms with Gasteiger partial charge in [0.1, 0.15) is 36.8 Å². The molecule has 0 spiro atoms. The van der Waals surface area contributed by atoms with Gasteiger partial charge in [-0.15, -0.1) is 0 Å². The summed E-state index contributed by atoms with van der Waals surface area (Å²) in [5, 5.41) is 82.7. The van der Waals surface area contributed by atoms with E-state index in [0.717, 1.165) is 0 Å². The highest BCUT2D eigenvalue weighted by Crippen LogP contribution is 2.49. The molecule has 11 atom stereocenters. The number of aliphatic hydroxyl groups is 6. The fourth-order valence-electron chi connectivity index (χ4n) is 6.26. The van der Waals surface area contributed by atoms with Gasteiger partial charge in [-0.25, -0.2) is 4.79 Å². The highest BCUT2D eigenvalue weighted by molar-refractivity contribution is 6.02. The van der Waals surface area contributed by atoms with Crippen LogP contribution in [-0.2, 0) is 33.3 Å². The fraction of sp³-hybridized carbons (Fsp3) is 0.467. The van der Waals surface area contributed by atoms with E-state index < -0.39 is 92.0 Å². The van der Waals surface area contributed by atoms with Crippen molar-refractivity contribution in [3.05, 3.63) is 58.7 Å². The van der Waals surface area contributed by atoms with Crippen molar-refractivity contribution in [1.29, 1.82) is 0 Å². The van der Waals surface area contributed by atoms with Gasteiger partial charge in [-0.3, -0.25) is 4.79 Å². The first kappa shape index (κ1) is 32.1. The normalized spacial score (nSPS) is 37.1. The number of ether oxygens (including phenoxy) is 6. The summed E-state index contributed by atoms with van der Waals surface area (Å²) in [5.74, 6) is -7.57. The third-order valence-electron chi connectivity index (χ3n) is 8.63. The van der Waals surface area contributed by atoms with Crippen molar-refractivity contribution in [2.75, 3.05) is 20.3 Å². The molecule has 1 aliphatic carbocycles. The van der Waals surface area contributed by atoms with Crippen LogP contribution in [0.3, 0.4) is 0 Å². The van der Waals surface area contributed by atoms with E-state index >= 15 is 0 Å². The highest BCUT2D eigenvalue weighted by atomic mass is 16.9. The first-order valence-corrected chi connectivity index (χ1v) is 14.2. The Balaban J connectivity index is 1.42. The number of esters is 2. The summed E-state index contributed by atoms with van der Waals surface area (Å²) >= 11 is 0. The molecule has 3 saturated heterocycles. The topological polar surface area (TPSA) is 251 Å². The Labute approximate surface area is 260 Å². The first-order valence-electron chi connectivity index (χ1n) is 14.2. The maximum Gasteiger partial charge on any atom is 0.337 e. The maximum atomic E-state index is 14.2. The number of phenols is 2. The van der Waals surface area contributed by atoms with Crippen LogP contribution < -0.4 is 4.74 Å². The van der Waals surface area contributed by atoms with E-state index in [9.17, 15) is 50.4 Å². The van der Waals surface area contributed by atoms with Crippen molar-refractivity contribution in [3.63, 3.8) is 0 Å². The molecule has 8 N–H and O–H groups in total. The Morgan fingerprint density at radius 1 is 0.891 bits per heavy atom. The number of hydrogen-bond donors (Lipinski definition) is 8. The Kier molecular flexibility index (Phi) is 8.43. The molecule has 16 nitrogen and oxygen atoms in total. The lowest BCUT2D eigenvalue weighted by Crippen LogP contribution is -2.63. The largest absolute Gasteiger partial charge is 0.508 e. The third-order valence-corrected chi connectivity index (χ3v) is 8.63. The molecule has 2 bridgehead atoms. The minimum atomic E-state index is -2.55. The molecule has 0 saturated carbocycles. The van der Waals surface area contributed by atoms with Crippen molar-refractivity contribution in [2.24, 2.45) is 5.92 Å². The van der Waals surface area contributed by atoms with E-state index in [1.165, 1.54) is 49.6 Å². The molecular formula is C30H32O16. The Morgan fingerprint density at radius 2 is 1.61 bits per heavy atom. The van der Waals surface area contributed by atoms with Crippen molar-refractivity contribution in [1.82, 2.24) is 0 Å². The molecular weight excluding hydrogens is 616 g/mol. The zero-order valence-electron chi connectivity index (χ0n) is 24.1. The molecule has 3 heterocycles. The summed E-state index contributed by atoms with van der Waals surface area (Å²) in [6, 6.07) is 8.54. The van der Waals surface area contributed by atoms with Gasteiger partial charge in [-0.05, 0) is 47.0 Å². The Hall–Kier alpha value is -3.84. The van der Waals surface area contributed by atoms with Crippen LogP contribution in [-0.4, -0.2) is 128 Å². The van der Waals surface area contributed by atoms with Crippen LogP contribution in [0.2, 0.25) is 0 Å². The molecule has 16 heteroatoms. The van der Waals surface area contributed by atoms with Gasteiger partial charge >= 0.3 is 11.9 Å². The van der Waals surface area contributed by atoms with Crippen LogP contribution in [0.5, 0.6) is 17.2 Å². The predicted octanol–water partition coefficient (Wildman–Crippen LogP) is -2.06. The summed E-state index contributed by atoms with van der Waals surface area (Å²) < 4.78 is 33.1. The lowest BCUT2D eigenvalue weighted by molar-refractivity contribution is -0.390. The van der Waals surface area contributed by atoms with Crippen LogP contribution in [0.25, 0.3) is 6.08 Å². The summed E-state index contributed by atoms with van der Waals surface area (Å²) in [5.41, 5.74) is 0.951. The van der Waals surface area contributed by atoms with Gasteiger partial charge in [0.05, 0.1) is 25.2 Å². The second-order valence-corrected chi connectivity index (χ2v) is 11.3. The standard InChI is InChI=1S/C30H32O16/c1-41-17-7-12-6-15-20(19(14(12)8-16(17)34)11-2-4-13(33)5-3-11)27(40)43-25-24(38)29(44-26(15)39)46-30(25,10-32)45-28-23(37)22(36)21(35)18(9-31)42-28/h2-8,18-25,28-29,31-38H,9-10H2,1H3/t18-,19+,20+,21-,22+,23-,24-,25-,28-,29-,30-/m1/s1. The van der Waals surface area contributed by atoms with Gasteiger partial charge in [0.25, 0.3) is 0 Å². The Morgan fingerprint density at radius 3 is 2.26 bits per heavy atom. The number of rotatable bonds is 6. The van der Waals surface area contributed by atoms with E-state index in [0.29, 0.717) is 16.7 Å². The van der Waals surface area contributed by atoms with Gasteiger partial charge in [-0.1, -0.05) is 12.1 Å². The Bertz CT molecular complexity index is 1520. The lowest BCUT2D eigenvalue weighted by atomic mass is 9.71. The van der Waals surface area contributed by atoms with Gasteiger partial charge in [0.2, 0.25) is 12.1 Å². The van der Waals surface area contributed by atoms with Crippen LogP contribution in [0, 0.1) is 5.92 Å². The second-order valence-electron chi connectivity index (χ2n) is 11.3. The number of aliphatic hydroxyl groups excluding tert-OH is 6. The average molecular weight is 649 g/mol. The van der Waals surface area contributed by atoms with Gasteiger partial charge in [0.15, 0.2) is 30.0 Å². The monoisotopic (exact) mass is 648 g/mol. The smallest absolute Gasteiger partial charge is 0.337 e. The molecule has 0 unspecified atom stereocenters. The molecule has 6 rings (SSSR count). The average Bonchev–Trinajstić information content (AvgIpc) is 3.30. The number of phenolic OH excluding ortho intramolecular Hbond substituents is 2. The molecule has 3 aliphatic heterocycles. The molecule has 248 valence electrons. The SMILES string of the molecule is COc1cc2c(cc1O)[C@H](c1ccc(O)cc1)[C@H]1C(=O)O[C@@H]3[C@@H](O)[C@H](OC(=O)C1=C2)O[C@@]3(CO)O[C@H]1O[C@H](CO)[C@@H](O)[C@H](O)[C@H]1O. The molecule has 3 fully saturated rings. The number of aromatic hydroxyl groups is 2.